The molecule has 3 rings (SSSR count). The van der Waals surface area contributed by atoms with Crippen LogP contribution in [0.4, 0.5) is 5.69 Å². The number of piperazine rings is 1. The molecular weight excluding hydrogens is 328 g/mol. The summed E-state index contributed by atoms with van der Waals surface area (Å²) in [6.07, 6.45) is 0. The molecule has 2 aromatic rings. The minimum absolute atomic E-state index is 0.0503. The first-order valence-electron chi connectivity index (χ1n) is 8.90. The van der Waals surface area contributed by atoms with Gasteiger partial charge in [0.05, 0.1) is 14.2 Å². The summed E-state index contributed by atoms with van der Waals surface area (Å²) in [5.41, 5.74) is 1.68. The number of anilines is 1. The average Bonchev–Trinajstić information content (AvgIpc) is 2.67. The van der Waals surface area contributed by atoms with Gasteiger partial charge in [-0.2, -0.15) is 0 Å². The molecule has 1 saturated heterocycles. The molecule has 0 aromatic heterocycles. The SMILES string of the molecule is COc1cccc(OC)c1C(=O)N1CC(C)N(c2ccccc2)C(C)C1. The molecule has 0 spiro atoms. The lowest BCUT2D eigenvalue weighted by molar-refractivity contribution is 0.0694. The highest BCUT2D eigenvalue weighted by atomic mass is 16.5. The van der Waals surface area contributed by atoms with Gasteiger partial charge in [-0.15, -0.1) is 0 Å². The Morgan fingerprint density at radius 2 is 1.42 bits per heavy atom. The van der Waals surface area contributed by atoms with Crippen LogP contribution in [0.2, 0.25) is 0 Å². The molecule has 2 aromatic carbocycles. The molecule has 1 aliphatic rings. The molecule has 2 unspecified atom stereocenters. The summed E-state index contributed by atoms with van der Waals surface area (Å²) in [7, 11) is 3.15. The number of rotatable bonds is 4. The number of amides is 1. The number of nitrogens with zero attached hydrogens (tertiary/aromatic N) is 2. The molecule has 5 heteroatoms. The number of hydrogen-bond donors (Lipinski definition) is 0. The molecule has 0 saturated carbocycles. The molecule has 2 atom stereocenters. The van der Waals surface area contributed by atoms with Crippen molar-refractivity contribution in [1.82, 2.24) is 4.90 Å². The van der Waals surface area contributed by atoms with E-state index < -0.39 is 0 Å². The van der Waals surface area contributed by atoms with Gasteiger partial charge in [0, 0.05) is 30.9 Å². The number of carbonyl (C=O) groups is 1. The molecule has 26 heavy (non-hydrogen) atoms. The van der Waals surface area contributed by atoms with E-state index in [2.05, 4.69) is 30.9 Å². The van der Waals surface area contributed by atoms with Gasteiger partial charge in [-0.25, -0.2) is 0 Å². The molecule has 5 nitrogen and oxygen atoms in total. The maximum absolute atomic E-state index is 13.2. The van der Waals surface area contributed by atoms with Crippen molar-refractivity contribution >= 4 is 11.6 Å². The quantitative estimate of drug-likeness (QED) is 0.843. The minimum Gasteiger partial charge on any atom is -0.496 e. The van der Waals surface area contributed by atoms with Crippen molar-refractivity contribution in [3.63, 3.8) is 0 Å². The van der Waals surface area contributed by atoms with Gasteiger partial charge in [0.25, 0.3) is 5.91 Å². The van der Waals surface area contributed by atoms with Crippen LogP contribution in [-0.2, 0) is 0 Å². The van der Waals surface area contributed by atoms with E-state index in [0.29, 0.717) is 30.2 Å². The molecule has 0 N–H and O–H groups in total. The first kappa shape index (κ1) is 18.1. The van der Waals surface area contributed by atoms with Gasteiger partial charge in [0.2, 0.25) is 0 Å². The van der Waals surface area contributed by atoms with Crippen LogP contribution >= 0.6 is 0 Å². The van der Waals surface area contributed by atoms with Gasteiger partial charge in [-0.3, -0.25) is 4.79 Å². The summed E-state index contributed by atoms with van der Waals surface area (Å²) in [6, 6.07) is 16.2. The summed E-state index contributed by atoms with van der Waals surface area (Å²) in [5, 5.41) is 0. The van der Waals surface area contributed by atoms with Crippen molar-refractivity contribution in [3.05, 3.63) is 54.1 Å². The Morgan fingerprint density at radius 1 is 0.885 bits per heavy atom. The first-order chi connectivity index (χ1) is 12.6. The predicted octanol–water partition coefficient (Wildman–Crippen LogP) is 3.44. The molecule has 1 aliphatic heterocycles. The Morgan fingerprint density at radius 3 is 1.92 bits per heavy atom. The Labute approximate surface area is 155 Å². The van der Waals surface area contributed by atoms with E-state index in [1.807, 2.05) is 29.2 Å². The Kier molecular flexibility index (Phi) is 5.35. The Bertz CT molecular complexity index is 729. The van der Waals surface area contributed by atoms with Crippen molar-refractivity contribution in [2.45, 2.75) is 25.9 Å². The number of carbonyl (C=O) groups excluding carboxylic acids is 1. The number of benzene rings is 2. The second kappa shape index (κ2) is 7.68. The molecule has 1 amide bonds. The van der Waals surface area contributed by atoms with Crippen LogP contribution in [0.1, 0.15) is 24.2 Å². The highest BCUT2D eigenvalue weighted by molar-refractivity contribution is 6.00. The summed E-state index contributed by atoms with van der Waals surface area (Å²) in [4.78, 5) is 17.5. The van der Waals surface area contributed by atoms with Crippen LogP contribution in [-0.4, -0.2) is 50.2 Å². The second-order valence-corrected chi connectivity index (χ2v) is 6.69. The van der Waals surface area contributed by atoms with Gasteiger partial charge >= 0.3 is 0 Å². The van der Waals surface area contributed by atoms with E-state index in [1.54, 1.807) is 26.4 Å². The predicted molar refractivity (Wildman–Crippen MR) is 103 cm³/mol. The van der Waals surface area contributed by atoms with Crippen molar-refractivity contribution in [2.75, 3.05) is 32.2 Å². The van der Waals surface area contributed by atoms with Gasteiger partial charge in [0.15, 0.2) is 0 Å². The monoisotopic (exact) mass is 354 g/mol. The summed E-state index contributed by atoms with van der Waals surface area (Å²) in [5.74, 6) is 1.03. The van der Waals surface area contributed by atoms with E-state index in [9.17, 15) is 4.79 Å². The van der Waals surface area contributed by atoms with Crippen LogP contribution < -0.4 is 14.4 Å². The number of para-hydroxylation sites is 1. The standard InChI is InChI=1S/C21H26N2O3/c1-15-13-22(14-16(2)23(15)17-9-6-5-7-10-17)21(24)20-18(25-3)11-8-12-19(20)26-4/h5-12,15-16H,13-14H2,1-4H3. The molecule has 138 valence electrons. The lowest BCUT2D eigenvalue weighted by atomic mass is 10.0. The van der Waals surface area contributed by atoms with Gasteiger partial charge in [-0.1, -0.05) is 24.3 Å². The molecular formula is C21H26N2O3. The second-order valence-electron chi connectivity index (χ2n) is 6.69. The Hall–Kier alpha value is -2.69. The third-order valence-corrected chi connectivity index (χ3v) is 4.90. The summed E-state index contributed by atoms with van der Waals surface area (Å²) in [6.45, 7) is 5.61. The zero-order valence-electron chi connectivity index (χ0n) is 15.8. The van der Waals surface area contributed by atoms with Crippen molar-refractivity contribution in [2.24, 2.45) is 0 Å². The van der Waals surface area contributed by atoms with Crippen LogP contribution in [0.25, 0.3) is 0 Å². The zero-order valence-corrected chi connectivity index (χ0v) is 15.8. The largest absolute Gasteiger partial charge is 0.496 e. The number of methoxy groups -OCH3 is 2. The third-order valence-electron chi connectivity index (χ3n) is 4.90. The smallest absolute Gasteiger partial charge is 0.261 e. The minimum atomic E-state index is -0.0503. The fourth-order valence-electron chi connectivity index (χ4n) is 3.82. The maximum atomic E-state index is 13.2. The first-order valence-corrected chi connectivity index (χ1v) is 8.90. The van der Waals surface area contributed by atoms with Crippen molar-refractivity contribution in [3.8, 4) is 11.5 Å². The van der Waals surface area contributed by atoms with Crippen LogP contribution in [0.3, 0.4) is 0 Å². The van der Waals surface area contributed by atoms with Crippen molar-refractivity contribution in [1.29, 1.82) is 0 Å². The fourth-order valence-corrected chi connectivity index (χ4v) is 3.82. The van der Waals surface area contributed by atoms with Crippen molar-refractivity contribution < 1.29 is 14.3 Å². The highest BCUT2D eigenvalue weighted by Gasteiger charge is 2.34. The highest BCUT2D eigenvalue weighted by Crippen LogP contribution is 2.31. The number of ether oxygens (including phenoxy) is 2. The topological polar surface area (TPSA) is 42.0 Å². The fraction of sp³-hybridized carbons (Fsp3) is 0.381. The zero-order chi connectivity index (χ0) is 18.7. The molecule has 0 aliphatic carbocycles. The third kappa shape index (κ3) is 3.34. The van der Waals surface area contributed by atoms with E-state index in [4.69, 9.17) is 9.47 Å². The van der Waals surface area contributed by atoms with E-state index >= 15 is 0 Å². The average molecular weight is 354 g/mol. The molecule has 1 fully saturated rings. The molecule has 1 heterocycles. The summed E-state index contributed by atoms with van der Waals surface area (Å²) < 4.78 is 10.8. The van der Waals surface area contributed by atoms with E-state index in [1.165, 1.54) is 5.69 Å². The van der Waals surface area contributed by atoms with Gasteiger partial charge < -0.3 is 19.3 Å². The van der Waals surface area contributed by atoms with E-state index in [0.717, 1.165) is 0 Å². The Balaban J connectivity index is 1.86. The van der Waals surface area contributed by atoms with Gasteiger partial charge in [-0.05, 0) is 38.1 Å². The van der Waals surface area contributed by atoms with Crippen LogP contribution in [0.15, 0.2) is 48.5 Å². The number of hydrogen-bond acceptors (Lipinski definition) is 4. The normalized spacial score (nSPS) is 20.0. The molecule has 0 bridgehead atoms. The lowest BCUT2D eigenvalue weighted by Gasteiger charge is -2.46. The maximum Gasteiger partial charge on any atom is 0.261 e. The van der Waals surface area contributed by atoms with E-state index in [-0.39, 0.29) is 18.0 Å². The van der Waals surface area contributed by atoms with Gasteiger partial charge in [0.1, 0.15) is 17.1 Å². The van der Waals surface area contributed by atoms with Crippen LogP contribution in [0, 0.1) is 0 Å². The van der Waals surface area contributed by atoms with Crippen LogP contribution in [0.5, 0.6) is 11.5 Å². The summed E-state index contributed by atoms with van der Waals surface area (Å²) >= 11 is 0. The molecule has 0 radical (unpaired) electrons. The lowest BCUT2D eigenvalue weighted by Crippen LogP contribution is -2.58.